The van der Waals surface area contributed by atoms with Crippen molar-refractivity contribution in [2.24, 2.45) is 17.8 Å². The second-order valence-electron chi connectivity index (χ2n) is 7.35. The molecule has 3 fully saturated rings. The fourth-order valence-electron chi connectivity index (χ4n) is 4.06. The molecule has 2 aliphatic heterocycles. The van der Waals surface area contributed by atoms with Crippen LogP contribution in [0.3, 0.4) is 0 Å². The summed E-state index contributed by atoms with van der Waals surface area (Å²) >= 11 is 1.68. The van der Waals surface area contributed by atoms with Gasteiger partial charge < -0.3 is 15.0 Å². The third-order valence-electron chi connectivity index (χ3n) is 5.52. The van der Waals surface area contributed by atoms with Gasteiger partial charge in [0.2, 0.25) is 5.91 Å². The van der Waals surface area contributed by atoms with Gasteiger partial charge in [-0.25, -0.2) is 0 Å². The molecule has 1 N–H and O–H groups in total. The van der Waals surface area contributed by atoms with Gasteiger partial charge in [0.1, 0.15) is 0 Å². The van der Waals surface area contributed by atoms with E-state index in [0.717, 1.165) is 12.5 Å². The van der Waals surface area contributed by atoms with E-state index in [1.807, 2.05) is 11.4 Å². The number of piperidine rings is 1. The summed E-state index contributed by atoms with van der Waals surface area (Å²) in [7, 11) is 0. The van der Waals surface area contributed by atoms with Crippen LogP contribution in [0.5, 0.6) is 0 Å². The first-order chi connectivity index (χ1) is 11.3. The van der Waals surface area contributed by atoms with E-state index in [1.165, 1.54) is 43.8 Å². The molecule has 2 saturated heterocycles. The molecule has 0 unspecified atom stereocenters. The highest BCUT2D eigenvalue weighted by Crippen LogP contribution is 2.38. The predicted molar refractivity (Wildman–Crippen MR) is 91.3 cm³/mol. The SMILES string of the molecule is O=C(C[C@@H]1OC[C@H]2CN(CC3CC3)CC[C@H]21)NCc1cccs1. The maximum atomic E-state index is 12.2. The number of rotatable bonds is 6. The quantitative estimate of drug-likeness (QED) is 0.869. The van der Waals surface area contributed by atoms with Crippen molar-refractivity contribution in [3.8, 4) is 0 Å². The number of carbonyl (C=O) groups is 1. The maximum Gasteiger partial charge on any atom is 0.222 e. The van der Waals surface area contributed by atoms with Gasteiger partial charge in [-0.2, -0.15) is 0 Å². The van der Waals surface area contributed by atoms with E-state index in [9.17, 15) is 4.79 Å². The van der Waals surface area contributed by atoms with Crippen molar-refractivity contribution in [2.75, 3.05) is 26.2 Å². The number of carbonyl (C=O) groups excluding carboxylic acids is 1. The van der Waals surface area contributed by atoms with Crippen molar-refractivity contribution in [3.05, 3.63) is 22.4 Å². The first-order valence-electron chi connectivity index (χ1n) is 8.91. The van der Waals surface area contributed by atoms with E-state index < -0.39 is 0 Å². The Kier molecular flexibility index (Phi) is 4.69. The maximum absolute atomic E-state index is 12.2. The summed E-state index contributed by atoms with van der Waals surface area (Å²) in [5, 5.41) is 5.07. The highest BCUT2D eigenvalue weighted by molar-refractivity contribution is 7.09. The average molecular weight is 334 g/mol. The Labute approximate surface area is 142 Å². The first-order valence-corrected chi connectivity index (χ1v) is 9.79. The molecule has 0 radical (unpaired) electrons. The van der Waals surface area contributed by atoms with Gasteiger partial charge in [0.05, 0.1) is 25.7 Å². The van der Waals surface area contributed by atoms with Crippen molar-refractivity contribution >= 4 is 17.2 Å². The Bertz CT molecular complexity index is 529. The van der Waals surface area contributed by atoms with Crippen LogP contribution in [0.1, 0.15) is 30.6 Å². The largest absolute Gasteiger partial charge is 0.377 e. The van der Waals surface area contributed by atoms with E-state index in [2.05, 4.69) is 16.3 Å². The predicted octanol–water partition coefficient (Wildman–Crippen LogP) is 2.50. The molecule has 1 aromatic heterocycles. The van der Waals surface area contributed by atoms with E-state index in [1.54, 1.807) is 11.3 Å². The Morgan fingerprint density at radius 3 is 3.09 bits per heavy atom. The summed E-state index contributed by atoms with van der Waals surface area (Å²) in [6.07, 6.45) is 4.70. The lowest BCUT2D eigenvalue weighted by molar-refractivity contribution is -0.123. The summed E-state index contributed by atoms with van der Waals surface area (Å²) < 4.78 is 5.99. The second kappa shape index (κ2) is 6.91. The van der Waals surface area contributed by atoms with Crippen LogP contribution in [0.4, 0.5) is 0 Å². The number of hydrogen-bond donors (Lipinski definition) is 1. The Balaban J connectivity index is 1.23. The monoisotopic (exact) mass is 334 g/mol. The van der Waals surface area contributed by atoms with Crippen LogP contribution in [-0.2, 0) is 16.1 Å². The lowest BCUT2D eigenvalue weighted by Gasteiger charge is -2.35. The average Bonchev–Trinajstić information content (AvgIpc) is 3.07. The molecule has 1 saturated carbocycles. The summed E-state index contributed by atoms with van der Waals surface area (Å²) in [5.74, 6) is 2.31. The van der Waals surface area contributed by atoms with Gasteiger partial charge in [0, 0.05) is 23.9 Å². The van der Waals surface area contributed by atoms with E-state index >= 15 is 0 Å². The van der Waals surface area contributed by atoms with Crippen LogP contribution in [0.2, 0.25) is 0 Å². The zero-order valence-electron chi connectivity index (χ0n) is 13.6. The smallest absolute Gasteiger partial charge is 0.222 e. The fourth-order valence-corrected chi connectivity index (χ4v) is 4.70. The van der Waals surface area contributed by atoms with Crippen molar-refractivity contribution < 1.29 is 9.53 Å². The summed E-state index contributed by atoms with van der Waals surface area (Å²) in [4.78, 5) is 16.0. The molecule has 1 aliphatic carbocycles. The molecule has 1 aromatic rings. The van der Waals surface area contributed by atoms with Crippen molar-refractivity contribution in [3.63, 3.8) is 0 Å². The fraction of sp³-hybridized carbons (Fsp3) is 0.722. The van der Waals surface area contributed by atoms with Crippen molar-refractivity contribution in [2.45, 2.75) is 38.3 Å². The van der Waals surface area contributed by atoms with Crippen molar-refractivity contribution in [1.82, 2.24) is 10.2 Å². The molecule has 126 valence electrons. The number of amides is 1. The van der Waals surface area contributed by atoms with Gasteiger partial charge in [-0.15, -0.1) is 11.3 Å². The summed E-state index contributed by atoms with van der Waals surface area (Å²) in [6, 6.07) is 4.08. The molecule has 4 rings (SSSR count). The molecule has 1 amide bonds. The molecule has 4 nitrogen and oxygen atoms in total. The number of hydrogen-bond acceptors (Lipinski definition) is 4. The molecule has 3 aliphatic rings. The zero-order valence-corrected chi connectivity index (χ0v) is 14.4. The molecule has 3 heterocycles. The molecular weight excluding hydrogens is 308 g/mol. The van der Waals surface area contributed by atoms with E-state index in [-0.39, 0.29) is 12.0 Å². The molecule has 0 bridgehead atoms. The molecule has 0 aromatic carbocycles. The van der Waals surface area contributed by atoms with Gasteiger partial charge in [-0.1, -0.05) is 6.07 Å². The molecule has 23 heavy (non-hydrogen) atoms. The first kappa shape index (κ1) is 15.6. The van der Waals surface area contributed by atoms with Crippen LogP contribution in [0.15, 0.2) is 17.5 Å². The van der Waals surface area contributed by atoms with Gasteiger partial charge in [0.15, 0.2) is 0 Å². The topological polar surface area (TPSA) is 41.6 Å². The minimum atomic E-state index is 0.129. The molecule has 5 heteroatoms. The summed E-state index contributed by atoms with van der Waals surface area (Å²) in [6.45, 7) is 5.14. The molecule has 3 atom stereocenters. The minimum absolute atomic E-state index is 0.129. The van der Waals surface area contributed by atoms with Crippen molar-refractivity contribution in [1.29, 1.82) is 0 Å². The van der Waals surface area contributed by atoms with Crippen LogP contribution in [0, 0.1) is 17.8 Å². The second-order valence-corrected chi connectivity index (χ2v) is 8.38. The van der Waals surface area contributed by atoms with E-state index in [4.69, 9.17) is 4.74 Å². The normalized spacial score (nSPS) is 31.0. The standard InChI is InChI=1S/C18H26N2O2S/c21-18(19-9-15-2-1-7-23-15)8-17-16-5-6-20(10-13-3-4-13)11-14(16)12-22-17/h1-2,7,13-14,16-17H,3-6,8-12H2,(H,19,21)/t14-,16-,17+/m1/s1. The number of thiophene rings is 1. The number of fused-ring (bicyclic) bond motifs is 1. The Morgan fingerprint density at radius 2 is 2.30 bits per heavy atom. The lowest BCUT2D eigenvalue weighted by Crippen LogP contribution is -2.43. The van der Waals surface area contributed by atoms with Gasteiger partial charge in [-0.3, -0.25) is 4.79 Å². The highest BCUT2D eigenvalue weighted by atomic mass is 32.1. The Morgan fingerprint density at radius 1 is 1.39 bits per heavy atom. The van der Waals surface area contributed by atoms with Gasteiger partial charge in [-0.05, 0) is 49.1 Å². The number of nitrogens with one attached hydrogen (secondary N) is 1. The van der Waals surface area contributed by atoms with Gasteiger partial charge >= 0.3 is 0 Å². The zero-order chi connectivity index (χ0) is 15.6. The third-order valence-corrected chi connectivity index (χ3v) is 6.39. The number of nitrogens with zero attached hydrogens (tertiary/aromatic N) is 1. The minimum Gasteiger partial charge on any atom is -0.377 e. The number of likely N-dealkylation sites (tertiary alicyclic amines) is 1. The van der Waals surface area contributed by atoms with Crippen LogP contribution in [-0.4, -0.2) is 43.2 Å². The molecular formula is C18H26N2O2S. The highest BCUT2D eigenvalue weighted by Gasteiger charge is 2.42. The molecule has 0 spiro atoms. The number of ether oxygens (including phenoxy) is 1. The Hall–Kier alpha value is -0.910. The summed E-state index contributed by atoms with van der Waals surface area (Å²) in [5.41, 5.74) is 0. The van der Waals surface area contributed by atoms with Crippen LogP contribution in [0.25, 0.3) is 0 Å². The third kappa shape index (κ3) is 3.95. The lowest BCUT2D eigenvalue weighted by atomic mass is 9.83. The van der Waals surface area contributed by atoms with Gasteiger partial charge in [0.25, 0.3) is 0 Å². The van der Waals surface area contributed by atoms with Crippen LogP contribution < -0.4 is 5.32 Å². The van der Waals surface area contributed by atoms with Crippen LogP contribution >= 0.6 is 11.3 Å². The van der Waals surface area contributed by atoms with E-state index in [0.29, 0.717) is 24.8 Å².